The first kappa shape index (κ1) is 15.0. The van der Waals surface area contributed by atoms with Crippen LogP contribution in [0.15, 0.2) is 36.7 Å². The summed E-state index contributed by atoms with van der Waals surface area (Å²) in [6.07, 6.45) is 1.63. The van der Waals surface area contributed by atoms with Gasteiger partial charge in [-0.05, 0) is 12.5 Å². The zero-order valence-corrected chi connectivity index (χ0v) is 13.9. The number of nitrogens with one attached hydrogen (secondary N) is 1. The summed E-state index contributed by atoms with van der Waals surface area (Å²) in [6, 6.07) is 10.3. The largest absolute Gasteiger partial charge is 0.343 e. The summed E-state index contributed by atoms with van der Waals surface area (Å²) in [6.45, 7) is 8.37. The minimum atomic E-state index is 0.668. The summed E-state index contributed by atoms with van der Waals surface area (Å²) in [5.74, 6) is 0.912. The van der Waals surface area contributed by atoms with Crippen molar-refractivity contribution >= 4 is 17.0 Å². The lowest BCUT2D eigenvalue weighted by atomic mass is 10.2. The molecule has 1 aromatic carbocycles. The number of quaternary nitrogens is 1. The molecule has 0 amide bonds. The monoisotopic (exact) mass is 324 g/mol. The van der Waals surface area contributed by atoms with E-state index in [4.69, 9.17) is 0 Å². The Bertz CT molecular complexity index is 806. The van der Waals surface area contributed by atoms with Gasteiger partial charge in [0.2, 0.25) is 0 Å². The fraction of sp³-hybridized carbons (Fsp3) is 0.412. The van der Waals surface area contributed by atoms with Gasteiger partial charge in [-0.2, -0.15) is 0 Å². The van der Waals surface area contributed by atoms with Crippen LogP contribution in [0.2, 0.25) is 0 Å². The number of fused-ring (bicyclic) bond motifs is 1. The normalized spacial score (nSPS) is 16.0. The number of anilines is 1. The van der Waals surface area contributed by atoms with Crippen molar-refractivity contribution in [2.45, 2.75) is 13.5 Å². The van der Waals surface area contributed by atoms with Gasteiger partial charge in [0.05, 0.1) is 39.3 Å². The van der Waals surface area contributed by atoms with E-state index in [0.29, 0.717) is 6.54 Å². The van der Waals surface area contributed by atoms with Crippen molar-refractivity contribution < 1.29 is 4.90 Å². The van der Waals surface area contributed by atoms with Crippen LogP contribution in [0.25, 0.3) is 11.2 Å². The Morgan fingerprint density at radius 3 is 2.62 bits per heavy atom. The Morgan fingerprint density at radius 1 is 1.08 bits per heavy atom. The Labute approximate surface area is 140 Å². The van der Waals surface area contributed by atoms with Gasteiger partial charge in [0.1, 0.15) is 6.33 Å². The molecular formula is C17H22N7+. The van der Waals surface area contributed by atoms with Crippen LogP contribution in [-0.4, -0.2) is 57.7 Å². The molecule has 1 aliphatic heterocycles. The fourth-order valence-corrected chi connectivity index (χ4v) is 3.26. The van der Waals surface area contributed by atoms with E-state index in [1.165, 1.54) is 12.1 Å². The molecule has 3 aromatic rings. The van der Waals surface area contributed by atoms with Crippen LogP contribution >= 0.6 is 0 Å². The number of benzene rings is 1. The average Bonchev–Trinajstić information content (AvgIpc) is 3.06. The SMILES string of the molecule is CC[NH+]1CCN(c2ncnc3c2nnn3Cc2ccccc2)CC1. The average molecular weight is 324 g/mol. The predicted octanol–water partition coefficient (Wildman–Crippen LogP) is -0.00560. The maximum atomic E-state index is 4.49. The van der Waals surface area contributed by atoms with Gasteiger partial charge in [-0.25, -0.2) is 14.6 Å². The lowest BCUT2D eigenvalue weighted by molar-refractivity contribution is -0.898. The van der Waals surface area contributed by atoms with Gasteiger partial charge in [-0.1, -0.05) is 35.5 Å². The molecule has 2 aromatic heterocycles. The lowest BCUT2D eigenvalue weighted by Crippen LogP contribution is -3.14. The van der Waals surface area contributed by atoms with Gasteiger partial charge in [-0.15, -0.1) is 5.10 Å². The van der Waals surface area contributed by atoms with Crippen molar-refractivity contribution in [3.63, 3.8) is 0 Å². The molecule has 24 heavy (non-hydrogen) atoms. The third-order valence-electron chi connectivity index (χ3n) is 4.73. The molecule has 0 aliphatic carbocycles. The third kappa shape index (κ3) is 2.82. The molecule has 0 bridgehead atoms. The quantitative estimate of drug-likeness (QED) is 0.732. The highest BCUT2D eigenvalue weighted by Crippen LogP contribution is 2.20. The van der Waals surface area contributed by atoms with Crippen molar-refractivity contribution in [2.75, 3.05) is 37.6 Å². The van der Waals surface area contributed by atoms with E-state index >= 15 is 0 Å². The number of rotatable bonds is 4. The van der Waals surface area contributed by atoms with E-state index in [-0.39, 0.29) is 0 Å². The highest BCUT2D eigenvalue weighted by atomic mass is 15.4. The molecule has 7 heteroatoms. The van der Waals surface area contributed by atoms with E-state index in [9.17, 15) is 0 Å². The molecule has 1 fully saturated rings. The number of likely N-dealkylation sites (N-methyl/N-ethyl adjacent to an activating group) is 1. The highest BCUT2D eigenvalue weighted by Gasteiger charge is 2.23. The molecule has 0 unspecified atom stereocenters. The number of hydrogen-bond donors (Lipinski definition) is 1. The molecule has 1 N–H and O–H groups in total. The van der Waals surface area contributed by atoms with Gasteiger partial charge < -0.3 is 9.80 Å². The van der Waals surface area contributed by atoms with E-state index in [0.717, 1.165) is 43.2 Å². The Kier molecular flexibility index (Phi) is 4.08. The molecule has 7 nitrogen and oxygen atoms in total. The number of hydrogen-bond acceptors (Lipinski definition) is 5. The Hall–Kier alpha value is -2.54. The summed E-state index contributed by atoms with van der Waals surface area (Å²) in [5.41, 5.74) is 2.78. The van der Waals surface area contributed by atoms with E-state index < -0.39 is 0 Å². The Morgan fingerprint density at radius 2 is 1.88 bits per heavy atom. The van der Waals surface area contributed by atoms with Crippen LogP contribution in [0.4, 0.5) is 5.82 Å². The second-order valence-corrected chi connectivity index (χ2v) is 6.19. The minimum Gasteiger partial charge on any atom is -0.343 e. The van der Waals surface area contributed by atoms with Gasteiger partial charge in [0.15, 0.2) is 17.0 Å². The molecule has 124 valence electrons. The molecule has 0 saturated carbocycles. The topological polar surface area (TPSA) is 64.2 Å². The minimum absolute atomic E-state index is 0.668. The van der Waals surface area contributed by atoms with Crippen LogP contribution in [0.5, 0.6) is 0 Å². The van der Waals surface area contributed by atoms with E-state index in [1.54, 1.807) is 11.2 Å². The highest BCUT2D eigenvalue weighted by molar-refractivity contribution is 5.82. The zero-order chi connectivity index (χ0) is 16.4. The molecule has 3 heterocycles. The van der Waals surface area contributed by atoms with Crippen molar-refractivity contribution in [1.82, 2.24) is 25.0 Å². The lowest BCUT2D eigenvalue weighted by Gasteiger charge is -2.32. The van der Waals surface area contributed by atoms with Crippen molar-refractivity contribution in [3.05, 3.63) is 42.2 Å². The van der Waals surface area contributed by atoms with E-state index in [1.807, 2.05) is 22.9 Å². The molecule has 4 rings (SSSR count). The fourth-order valence-electron chi connectivity index (χ4n) is 3.26. The first-order valence-corrected chi connectivity index (χ1v) is 8.52. The molecule has 0 radical (unpaired) electrons. The summed E-state index contributed by atoms with van der Waals surface area (Å²) in [7, 11) is 0. The summed E-state index contributed by atoms with van der Waals surface area (Å²) in [5, 5.41) is 8.68. The number of nitrogens with zero attached hydrogens (tertiary/aromatic N) is 6. The van der Waals surface area contributed by atoms with Gasteiger partial charge in [0, 0.05) is 0 Å². The van der Waals surface area contributed by atoms with Crippen molar-refractivity contribution in [2.24, 2.45) is 0 Å². The van der Waals surface area contributed by atoms with Crippen LogP contribution in [0.3, 0.4) is 0 Å². The summed E-state index contributed by atoms with van der Waals surface area (Å²) >= 11 is 0. The van der Waals surface area contributed by atoms with E-state index in [2.05, 4.69) is 44.2 Å². The molecule has 1 aliphatic rings. The van der Waals surface area contributed by atoms with Gasteiger partial charge in [-0.3, -0.25) is 0 Å². The maximum absolute atomic E-state index is 4.49. The van der Waals surface area contributed by atoms with Crippen LogP contribution in [0, 0.1) is 0 Å². The summed E-state index contributed by atoms with van der Waals surface area (Å²) in [4.78, 5) is 12.9. The standard InChI is InChI=1S/C17H21N7/c1-2-22-8-10-23(11-9-22)16-15-17(19-13-18-16)24(21-20-15)12-14-6-4-3-5-7-14/h3-7,13H,2,8-12H2,1H3/p+1. The number of aromatic nitrogens is 5. The summed E-state index contributed by atoms with van der Waals surface area (Å²) < 4.78 is 1.85. The number of piperazine rings is 1. The maximum Gasteiger partial charge on any atom is 0.184 e. The molecule has 0 spiro atoms. The van der Waals surface area contributed by atoms with Crippen LogP contribution in [0.1, 0.15) is 12.5 Å². The first-order valence-electron chi connectivity index (χ1n) is 8.52. The smallest absolute Gasteiger partial charge is 0.184 e. The second-order valence-electron chi connectivity index (χ2n) is 6.19. The second kappa shape index (κ2) is 6.52. The molecule has 1 saturated heterocycles. The van der Waals surface area contributed by atoms with Crippen molar-refractivity contribution in [1.29, 1.82) is 0 Å². The molecule has 0 atom stereocenters. The van der Waals surface area contributed by atoms with Crippen LogP contribution in [-0.2, 0) is 6.54 Å². The zero-order valence-electron chi connectivity index (χ0n) is 13.9. The van der Waals surface area contributed by atoms with Gasteiger partial charge in [0.25, 0.3) is 0 Å². The van der Waals surface area contributed by atoms with Crippen LogP contribution < -0.4 is 9.80 Å². The van der Waals surface area contributed by atoms with Gasteiger partial charge >= 0.3 is 0 Å². The molecular weight excluding hydrogens is 302 g/mol. The first-order chi connectivity index (χ1) is 11.8. The predicted molar refractivity (Wildman–Crippen MR) is 92.1 cm³/mol. The Balaban J connectivity index is 1.62. The third-order valence-corrected chi connectivity index (χ3v) is 4.73. The van der Waals surface area contributed by atoms with Crippen molar-refractivity contribution in [3.8, 4) is 0 Å².